The highest BCUT2D eigenvalue weighted by atomic mass is 19.3. The van der Waals surface area contributed by atoms with Gasteiger partial charge in [0, 0.05) is 38.3 Å². The lowest BCUT2D eigenvalue weighted by atomic mass is 10.0. The summed E-state index contributed by atoms with van der Waals surface area (Å²) in [4.78, 5) is 6.69. The minimum Gasteiger partial charge on any atom is -0.490 e. The first kappa shape index (κ1) is 22.2. The number of rotatable bonds is 9. The third kappa shape index (κ3) is 6.82. The summed E-state index contributed by atoms with van der Waals surface area (Å²) in [6.07, 6.45) is 3.80. The molecular weight excluding hydrogens is 366 g/mol. The van der Waals surface area contributed by atoms with Gasteiger partial charge in [0.1, 0.15) is 0 Å². The number of hydrogen-bond acceptors (Lipinski definition) is 4. The van der Waals surface area contributed by atoms with E-state index >= 15 is 0 Å². The summed E-state index contributed by atoms with van der Waals surface area (Å²) in [5, 5.41) is 6.44. The van der Waals surface area contributed by atoms with E-state index in [9.17, 15) is 8.78 Å². The molecule has 1 saturated heterocycles. The Kier molecular flexibility index (Phi) is 9.27. The number of aliphatic imine (C=N–C) groups is 1. The number of benzene rings is 1. The third-order valence-corrected chi connectivity index (χ3v) is 4.87. The molecule has 1 heterocycles. The molecule has 0 amide bonds. The maximum absolute atomic E-state index is 12.8. The highest BCUT2D eigenvalue weighted by Gasteiger charge is 2.18. The van der Waals surface area contributed by atoms with Crippen LogP contribution in [0.5, 0.6) is 11.5 Å². The van der Waals surface area contributed by atoms with Crippen LogP contribution in [0.3, 0.4) is 0 Å². The SMILES string of the molecule is CCOc1cccc(CNC(=NC)NCCN2CCCCC2C)c1OC(F)F. The largest absolute Gasteiger partial charge is 0.490 e. The zero-order valence-electron chi connectivity index (χ0n) is 17.0. The van der Waals surface area contributed by atoms with Crippen molar-refractivity contribution in [2.24, 2.45) is 4.99 Å². The first-order valence-electron chi connectivity index (χ1n) is 9.93. The van der Waals surface area contributed by atoms with Crippen molar-refractivity contribution in [2.75, 3.05) is 33.3 Å². The molecule has 2 N–H and O–H groups in total. The maximum atomic E-state index is 12.8. The Hall–Kier alpha value is -2.09. The molecular formula is C20H32F2N4O2. The molecule has 0 spiro atoms. The van der Waals surface area contributed by atoms with Gasteiger partial charge in [0.05, 0.1) is 6.61 Å². The van der Waals surface area contributed by atoms with E-state index in [1.807, 2.05) is 0 Å². The van der Waals surface area contributed by atoms with E-state index in [1.165, 1.54) is 19.3 Å². The first-order valence-corrected chi connectivity index (χ1v) is 9.93. The second-order valence-electron chi connectivity index (χ2n) is 6.79. The number of halogens is 2. The minimum atomic E-state index is -2.91. The van der Waals surface area contributed by atoms with Crippen molar-refractivity contribution < 1.29 is 18.3 Å². The normalized spacial score (nSPS) is 18.2. The van der Waals surface area contributed by atoms with E-state index in [2.05, 4.69) is 27.4 Å². The van der Waals surface area contributed by atoms with Crippen LogP contribution < -0.4 is 20.1 Å². The molecule has 1 aromatic carbocycles. The van der Waals surface area contributed by atoms with E-state index in [-0.39, 0.29) is 5.75 Å². The highest BCUT2D eigenvalue weighted by molar-refractivity contribution is 5.79. The van der Waals surface area contributed by atoms with Crippen molar-refractivity contribution in [2.45, 2.75) is 52.3 Å². The molecule has 1 aliphatic rings. The summed E-state index contributed by atoms with van der Waals surface area (Å²) in [5.41, 5.74) is 0.582. The number of para-hydroxylation sites is 1. The Morgan fingerprint density at radius 2 is 2.14 bits per heavy atom. The molecule has 158 valence electrons. The molecule has 1 aromatic rings. The molecule has 8 heteroatoms. The monoisotopic (exact) mass is 398 g/mol. The van der Waals surface area contributed by atoms with Gasteiger partial charge in [-0.25, -0.2) is 0 Å². The average Bonchev–Trinajstić information content (AvgIpc) is 2.67. The number of nitrogens with one attached hydrogen (secondary N) is 2. The van der Waals surface area contributed by atoms with Crippen molar-refractivity contribution in [3.63, 3.8) is 0 Å². The Bertz CT molecular complexity index is 628. The molecule has 0 bridgehead atoms. The average molecular weight is 398 g/mol. The Labute approximate surface area is 166 Å². The summed E-state index contributed by atoms with van der Waals surface area (Å²) >= 11 is 0. The van der Waals surface area contributed by atoms with Gasteiger partial charge in [0.25, 0.3) is 0 Å². The van der Waals surface area contributed by atoms with Gasteiger partial charge in [-0.05, 0) is 39.3 Å². The topological polar surface area (TPSA) is 58.1 Å². The van der Waals surface area contributed by atoms with E-state index in [0.717, 1.165) is 19.6 Å². The quantitative estimate of drug-likeness (QED) is 0.494. The molecule has 28 heavy (non-hydrogen) atoms. The van der Waals surface area contributed by atoms with Gasteiger partial charge in [-0.3, -0.25) is 9.89 Å². The molecule has 0 aromatic heterocycles. The van der Waals surface area contributed by atoms with Crippen LogP contribution in [0, 0.1) is 0 Å². The minimum absolute atomic E-state index is 0.0597. The van der Waals surface area contributed by atoms with Crippen LogP contribution >= 0.6 is 0 Å². The van der Waals surface area contributed by atoms with Crippen LogP contribution in [0.15, 0.2) is 23.2 Å². The lowest BCUT2D eigenvalue weighted by Gasteiger charge is -2.33. The summed E-state index contributed by atoms with van der Waals surface area (Å²) < 4.78 is 35.8. The number of nitrogens with zero attached hydrogens (tertiary/aromatic N) is 2. The number of guanidine groups is 1. The van der Waals surface area contributed by atoms with Gasteiger partial charge in [0.2, 0.25) is 0 Å². The van der Waals surface area contributed by atoms with Gasteiger partial charge in [0.15, 0.2) is 17.5 Å². The predicted molar refractivity (Wildman–Crippen MR) is 107 cm³/mol. The standard InChI is InChI=1S/C20H32F2N4O2/c1-4-27-17-10-7-9-16(18(17)28-19(21)22)14-25-20(23-3)24-11-13-26-12-6-5-8-15(26)2/h7,9-10,15,19H,4-6,8,11-14H2,1-3H3,(H2,23,24,25). The van der Waals surface area contributed by atoms with Crippen LogP contribution in [0.25, 0.3) is 0 Å². The molecule has 0 saturated carbocycles. The fraction of sp³-hybridized carbons (Fsp3) is 0.650. The number of alkyl halides is 2. The third-order valence-electron chi connectivity index (χ3n) is 4.87. The summed E-state index contributed by atoms with van der Waals surface area (Å²) in [6.45, 7) is 4.66. The smallest absolute Gasteiger partial charge is 0.387 e. The van der Waals surface area contributed by atoms with Gasteiger partial charge in [-0.2, -0.15) is 8.78 Å². The van der Waals surface area contributed by atoms with Crippen molar-refractivity contribution >= 4 is 5.96 Å². The fourth-order valence-corrected chi connectivity index (χ4v) is 3.40. The molecule has 0 aliphatic carbocycles. The predicted octanol–water partition coefficient (Wildman–Crippen LogP) is 3.23. The van der Waals surface area contributed by atoms with E-state index in [1.54, 1.807) is 32.2 Å². The molecule has 6 nitrogen and oxygen atoms in total. The first-order chi connectivity index (χ1) is 13.5. The Balaban J connectivity index is 1.90. The lowest BCUT2D eigenvalue weighted by molar-refractivity contribution is -0.0520. The number of hydrogen-bond donors (Lipinski definition) is 2. The van der Waals surface area contributed by atoms with E-state index in [4.69, 9.17) is 9.47 Å². The molecule has 2 rings (SSSR count). The summed E-state index contributed by atoms with van der Waals surface area (Å²) in [5.74, 6) is 0.989. The summed E-state index contributed by atoms with van der Waals surface area (Å²) in [6, 6.07) is 5.72. The van der Waals surface area contributed by atoms with Crippen molar-refractivity contribution in [3.8, 4) is 11.5 Å². The molecule has 1 atom stereocenters. The van der Waals surface area contributed by atoms with Crippen molar-refractivity contribution in [3.05, 3.63) is 23.8 Å². The zero-order valence-corrected chi connectivity index (χ0v) is 17.0. The van der Waals surface area contributed by atoms with E-state index < -0.39 is 6.61 Å². The lowest BCUT2D eigenvalue weighted by Crippen LogP contribution is -2.45. The van der Waals surface area contributed by atoms with Crippen LogP contribution in [0.4, 0.5) is 8.78 Å². The molecule has 1 fully saturated rings. The van der Waals surface area contributed by atoms with Gasteiger partial charge in [-0.1, -0.05) is 18.6 Å². The van der Waals surface area contributed by atoms with E-state index in [0.29, 0.717) is 36.5 Å². The highest BCUT2D eigenvalue weighted by Crippen LogP contribution is 2.32. The summed E-state index contributed by atoms with van der Waals surface area (Å²) in [7, 11) is 1.69. The van der Waals surface area contributed by atoms with Crippen molar-refractivity contribution in [1.82, 2.24) is 15.5 Å². The van der Waals surface area contributed by atoms with Gasteiger partial charge in [-0.15, -0.1) is 0 Å². The fourth-order valence-electron chi connectivity index (χ4n) is 3.40. The van der Waals surface area contributed by atoms with Crippen LogP contribution in [0.2, 0.25) is 0 Å². The number of ether oxygens (including phenoxy) is 2. The second-order valence-corrected chi connectivity index (χ2v) is 6.79. The number of piperidine rings is 1. The molecule has 1 aliphatic heterocycles. The van der Waals surface area contributed by atoms with Crippen molar-refractivity contribution in [1.29, 1.82) is 0 Å². The van der Waals surface area contributed by atoms with Crippen LogP contribution in [-0.2, 0) is 6.54 Å². The zero-order chi connectivity index (χ0) is 20.4. The number of likely N-dealkylation sites (tertiary alicyclic amines) is 1. The van der Waals surface area contributed by atoms with Crippen LogP contribution in [-0.4, -0.2) is 56.8 Å². The van der Waals surface area contributed by atoms with Crippen LogP contribution in [0.1, 0.15) is 38.7 Å². The second kappa shape index (κ2) is 11.7. The van der Waals surface area contributed by atoms with Gasteiger partial charge < -0.3 is 20.1 Å². The van der Waals surface area contributed by atoms with Gasteiger partial charge >= 0.3 is 6.61 Å². The Morgan fingerprint density at radius 1 is 1.32 bits per heavy atom. The maximum Gasteiger partial charge on any atom is 0.387 e. The molecule has 0 radical (unpaired) electrons. The molecule has 1 unspecified atom stereocenters. The Morgan fingerprint density at radius 3 is 2.82 bits per heavy atom.